The Kier molecular flexibility index (Phi) is 6.44. The van der Waals surface area contributed by atoms with Crippen molar-refractivity contribution in [1.82, 2.24) is 4.31 Å². The Morgan fingerprint density at radius 3 is 2.41 bits per heavy atom. The summed E-state index contributed by atoms with van der Waals surface area (Å²) in [5.74, 6) is 0.811. The summed E-state index contributed by atoms with van der Waals surface area (Å²) < 4.78 is 25.5. The lowest BCUT2D eigenvalue weighted by Gasteiger charge is -2.26. The van der Waals surface area contributed by atoms with Gasteiger partial charge in [-0.15, -0.1) is 0 Å². The van der Waals surface area contributed by atoms with Crippen LogP contribution in [0, 0.1) is 5.92 Å². The molecular weight excluding hydrogens is 236 g/mol. The van der Waals surface area contributed by atoms with Gasteiger partial charge in [-0.05, 0) is 38.1 Å². The van der Waals surface area contributed by atoms with E-state index >= 15 is 0 Å². The average Bonchev–Trinajstić information content (AvgIpc) is 2.30. The number of nitrogens with two attached hydrogens (primary N) is 1. The van der Waals surface area contributed by atoms with E-state index in [1.807, 2.05) is 0 Å². The van der Waals surface area contributed by atoms with Crippen LogP contribution in [-0.4, -0.2) is 38.6 Å². The smallest absolute Gasteiger partial charge is 0.213 e. The van der Waals surface area contributed by atoms with Gasteiger partial charge in [0, 0.05) is 13.6 Å². The van der Waals surface area contributed by atoms with Crippen LogP contribution >= 0.6 is 0 Å². The summed E-state index contributed by atoms with van der Waals surface area (Å²) in [5, 5.41) is 0. The van der Waals surface area contributed by atoms with Crippen LogP contribution in [0.5, 0.6) is 0 Å². The van der Waals surface area contributed by atoms with Crippen LogP contribution in [0.1, 0.15) is 44.9 Å². The maximum Gasteiger partial charge on any atom is 0.213 e. The molecule has 1 aliphatic carbocycles. The van der Waals surface area contributed by atoms with Crippen LogP contribution in [-0.2, 0) is 10.0 Å². The first-order chi connectivity index (χ1) is 8.06. The molecule has 0 heterocycles. The summed E-state index contributed by atoms with van der Waals surface area (Å²) >= 11 is 0. The van der Waals surface area contributed by atoms with Crippen molar-refractivity contribution >= 4 is 10.0 Å². The molecule has 102 valence electrons. The molecule has 0 aromatic heterocycles. The van der Waals surface area contributed by atoms with Gasteiger partial charge in [0.05, 0.1) is 5.75 Å². The van der Waals surface area contributed by atoms with Gasteiger partial charge >= 0.3 is 0 Å². The predicted molar refractivity (Wildman–Crippen MR) is 71.3 cm³/mol. The van der Waals surface area contributed by atoms with E-state index in [0.717, 1.165) is 6.42 Å². The van der Waals surface area contributed by atoms with Crippen molar-refractivity contribution in [2.75, 3.05) is 25.9 Å². The number of rotatable bonds is 7. The molecule has 1 aliphatic rings. The Morgan fingerprint density at radius 1 is 1.18 bits per heavy atom. The predicted octanol–water partition coefficient (Wildman–Crippen LogP) is 1.57. The van der Waals surface area contributed by atoms with Crippen LogP contribution in [0.3, 0.4) is 0 Å². The molecule has 0 bridgehead atoms. The number of nitrogens with zero attached hydrogens (tertiary/aromatic N) is 1. The Bertz CT molecular complexity index is 298. The van der Waals surface area contributed by atoms with Crippen LogP contribution in [0.25, 0.3) is 0 Å². The fraction of sp³-hybridized carbons (Fsp3) is 1.00. The van der Waals surface area contributed by atoms with Gasteiger partial charge < -0.3 is 5.73 Å². The van der Waals surface area contributed by atoms with Crippen molar-refractivity contribution < 1.29 is 8.42 Å². The fourth-order valence-electron chi connectivity index (χ4n) is 2.43. The maximum absolute atomic E-state index is 12.0. The molecule has 0 atom stereocenters. The minimum absolute atomic E-state index is 0.243. The van der Waals surface area contributed by atoms with Crippen LogP contribution in [0.4, 0.5) is 0 Å². The zero-order chi connectivity index (χ0) is 12.7. The van der Waals surface area contributed by atoms with E-state index < -0.39 is 10.0 Å². The summed E-state index contributed by atoms with van der Waals surface area (Å²) in [7, 11) is -1.34. The van der Waals surface area contributed by atoms with Crippen LogP contribution in [0.2, 0.25) is 0 Å². The monoisotopic (exact) mass is 262 g/mol. The second kappa shape index (κ2) is 7.34. The van der Waals surface area contributed by atoms with E-state index in [0.29, 0.717) is 25.4 Å². The molecule has 1 fully saturated rings. The topological polar surface area (TPSA) is 63.4 Å². The van der Waals surface area contributed by atoms with Gasteiger partial charge in [0.15, 0.2) is 0 Å². The van der Waals surface area contributed by atoms with Crippen molar-refractivity contribution in [2.45, 2.75) is 44.9 Å². The maximum atomic E-state index is 12.0. The highest BCUT2D eigenvalue weighted by Gasteiger charge is 2.22. The Morgan fingerprint density at radius 2 is 1.82 bits per heavy atom. The second-order valence-electron chi connectivity index (χ2n) is 5.10. The Balaban J connectivity index is 2.36. The summed E-state index contributed by atoms with van der Waals surface area (Å²) in [6, 6.07) is 0. The van der Waals surface area contributed by atoms with E-state index in [-0.39, 0.29) is 5.75 Å². The van der Waals surface area contributed by atoms with Crippen LogP contribution in [0.15, 0.2) is 0 Å². The molecule has 1 saturated carbocycles. The quantitative estimate of drug-likeness (QED) is 0.708. The summed E-state index contributed by atoms with van der Waals surface area (Å²) in [6.45, 7) is 1.27. The normalized spacial score (nSPS) is 18.8. The molecular formula is C12H26N2O2S. The highest BCUT2D eigenvalue weighted by Crippen LogP contribution is 2.24. The highest BCUT2D eigenvalue weighted by molar-refractivity contribution is 7.89. The molecule has 0 aromatic rings. The molecule has 0 aliphatic heterocycles. The molecule has 0 aromatic carbocycles. The lowest BCUT2D eigenvalue weighted by atomic mass is 9.89. The van der Waals surface area contributed by atoms with Crippen molar-refractivity contribution in [1.29, 1.82) is 0 Å². The fourth-order valence-corrected chi connectivity index (χ4v) is 3.75. The summed E-state index contributed by atoms with van der Waals surface area (Å²) in [4.78, 5) is 0. The third-order valence-corrected chi connectivity index (χ3v) is 5.47. The summed E-state index contributed by atoms with van der Waals surface area (Å²) in [6.07, 6.45) is 7.65. The minimum Gasteiger partial charge on any atom is -0.330 e. The minimum atomic E-state index is -3.05. The van der Waals surface area contributed by atoms with Gasteiger partial charge in [-0.25, -0.2) is 12.7 Å². The third kappa shape index (κ3) is 5.36. The molecule has 0 saturated heterocycles. The van der Waals surface area contributed by atoms with Crippen LogP contribution < -0.4 is 5.73 Å². The molecule has 2 N–H and O–H groups in total. The number of unbranched alkanes of at least 4 members (excludes halogenated alkanes) is 1. The van der Waals surface area contributed by atoms with E-state index in [4.69, 9.17) is 5.73 Å². The van der Waals surface area contributed by atoms with Crippen molar-refractivity contribution in [3.63, 3.8) is 0 Å². The molecule has 17 heavy (non-hydrogen) atoms. The zero-order valence-corrected chi connectivity index (χ0v) is 11.7. The largest absolute Gasteiger partial charge is 0.330 e. The molecule has 5 heteroatoms. The number of hydrogen-bond donors (Lipinski definition) is 1. The molecule has 0 spiro atoms. The van der Waals surface area contributed by atoms with Gasteiger partial charge in [0.25, 0.3) is 0 Å². The Labute approximate surface area is 106 Å². The molecule has 0 amide bonds. The molecule has 0 unspecified atom stereocenters. The van der Waals surface area contributed by atoms with Gasteiger partial charge in [0.2, 0.25) is 10.0 Å². The average molecular weight is 262 g/mol. The first-order valence-electron chi connectivity index (χ1n) is 6.70. The lowest BCUT2D eigenvalue weighted by Crippen LogP contribution is -2.34. The first-order valence-corrected chi connectivity index (χ1v) is 8.31. The van der Waals surface area contributed by atoms with E-state index in [9.17, 15) is 8.42 Å². The van der Waals surface area contributed by atoms with Gasteiger partial charge in [-0.3, -0.25) is 0 Å². The summed E-state index contributed by atoms with van der Waals surface area (Å²) in [5.41, 5.74) is 5.37. The first kappa shape index (κ1) is 14.9. The van der Waals surface area contributed by atoms with Gasteiger partial charge in [-0.2, -0.15) is 0 Å². The van der Waals surface area contributed by atoms with Crippen molar-refractivity contribution in [3.05, 3.63) is 0 Å². The van der Waals surface area contributed by atoms with Crippen molar-refractivity contribution in [3.8, 4) is 0 Å². The zero-order valence-electron chi connectivity index (χ0n) is 10.9. The van der Waals surface area contributed by atoms with E-state index in [2.05, 4.69) is 0 Å². The van der Waals surface area contributed by atoms with E-state index in [1.54, 1.807) is 11.4 Å². The number of sulfonamides is 1. The SMILES string of the molecule is CN(CC1CCCCC1)S(=O)(=O)CCCCN. The van der Waals surface area contributed by atoms with E-state index in [1.165, 1.54) is 32.1 Å². The van der Waals surface area contributed by atoms with Gasteiger partial charge in [-0.1, -0.05) is 19.3 Å². The number of hydrogen-bond acceptors (Lipinski definition) is 3. The molecule has 0 radical (unpaired) electrons. The second-order valence-corrected chi connectivity index (χ2v) is 7.29. The molecule has 4 nitrogen and oxygen atoms in total. The van der Waals surface area contributed by atoms with Crippen molar-refractivity contribution in [2.24, 2.45) is 11.7 Å². The standard InChI is InChI=1S/C12H26N2O2S/c1-14(11-12-7-3-2-4-8-12)17(15,16)10-6-5-9-13/h12H,2-11,13H2,1H3. The molecule has 1 rings (SSSR count). The lowest BCUT2D eigenvalue weighted by molar-refractivity contribution is 0.300. The van der Waals surface area contributed by atoms with Gasteiger partial charge in [0.1, 0.15) is 0 Å². The highest BCUT2D eigenvalue weighted by atomic mass is 32.2. The third-order valence-electron chi connectivity index (χ3n) is 3.57. The Hall–Kier alpha value is -0.130.